The molecule has 112 valence electrons. The molecule has 0 amide bonds. The first-order chi connectivity index (χ1) is 9.83. The highest BCUT2D eigenvalue weighted by Gasteiger charge is 2.18. The number of rotatable bonds is 4. The third-order valence-corrected chi connectivity index (χ3v) is 4.14. The minimum Gasteiger partial charge on any atom is -0.392 e. The number of aryl methyl sites for hydroxylation is 2. The average molecular weight is 312 g/mol. The fourth-order valence-corrected chi connectivity index (χ4v) is 2.51. The highest BCUT2D eigenvalue weighted by atomic mass is 32.2. The number of benzene rings is 1. The molecular weight excluding hydrogens is 299 g/mol. The van der Waals surface area contributed by atoms with Crippen molar-refractivity contribution in [3.63, 3.8) is 0 Å². The lowest BCUT2D eigenvalue weighted by Gasteiger charge is -2.08. The van der Waals surface area contributed by atoms with Crippen LogP contribution in [0.3, 0.4) is 0 Å². The molecule has 0 fully saturated rings. The molecule has 0 saturated heterocycles. The second-order valence-electron chi connectivity index (χ2n) is 4.32. The number of halogens is 1. The van der Waals surface area contributed by atoms with Crippen LogP contribution in [0, 0.1) is 19.7 Å². The second-order valence-corrected chi connectivity index (χ2v) is 6.01. The summed E-state index contributed by atoms with van der Waals surface area (Å²) in [4.78, 5) is 3.76. The summed E-state index contributed by atoms with van der Waals surface area (Å²) in [6.07, 6.45) is 0. The van der Waals surface area contributed by atoms with E-state index in [1.807, 2.05) is 0 Å². The Balaban J connectivity index is 2.35. The van der Waals surface area contributed by atoms with Gasteiger partial charge in [-0.15, -0.1) is 5.10 Å². The zero-order valence-electron chi connectivity index (χ0n) is 11.3. The fraction of sp³-hybridized carbons (Fsp3) is 0.250. The minimum absolute atomic E-state index is 0.114. The maximum atomic E-state index is 13.3. The first-order valence-corrected chi connectivity index (χ1v) is 7.42. The van der Waals surface area contributed by atoms with E-state index in [9.17, 15) is 12.8 Å². The van der Waals surface area contributed by atoms with E-state index in [4.69, 9.17) is 5.11 Å². The van der Waals surface area contributed by atoms with Crippen molar-refractivity contribution in [2.75, 3.05) is 4.72 Å². The van der Waals surface area contributed by atoms with Crippen molar-refractivity contribution in [3.8, 4) is 0 Å². The zero-order valence-corrected chi connectivity index (χ0v) is 12.1. The van der Waals surface area contributed by atoms with E-state index >= 15 is 0 Å². The molecule has 1 aromatic carbocycles. The molecule has 2 aromatic rings. The van der Waals surface area contributed by atoms with Gasteiger partial charge in [0.15, 0.2) is 0 Å². The van der Waals surface area contributed by atoms with Crippen LogP contribution in [0.4, 0.5) is 10.3 Å². The lowest BCUT2D eigenvalue weighted by atomic mass is 10.2. The topological polar surface area (TPSA) is 105 Å². The highest BCUT2D eigenvalue weighted by Crippen LogP contribution is 2.17. The van der Waals surface area contributed by atoms with Crippen molar-refractivity contribution in [1.82, 2.24) is 15.2 Å². The van der Waals surface area contributed by atoms with Gasteiger partial charge in [0.05, 0.1) is 22.9 Å². The lowest BCUT2D eigenvalue weighted by molar-refractivity contribution is 0.275. The van der Waals surface area contributed by atoms with Gasteiger partial charge in [0.25, 0.3) is 16.0 Å². The molecule has 0 aliphatic carbocycles. The first kappa shape index (κ1) is 15.3. The van der Waals surface area contributed by atoms with Crippen LogP contribution < -0.4 is 4.72 Å². The van der Waals surface area contributed by atoms with Crippen LogP contribution in [0.5, 0.6) is 0 Å². The Labute approximate surface area is 120 Å². The Hall–Kier alpha value is -2.13. The largest absolute Gasteiger partial charge is 0.392 e. The highest BCUT2D eigenvalue weighted by molar-refractivity contribution is 7.92. The van der Waals surface area contributed by atoms with Gasteiger partial charge in [-0.05, 0) is 32.0 Å². The summed E-state index contributed by atoms with van der Waals surface area (Å²) in [6.45, 7) is 2.77. The molecule has 9 heteroatoms. The fourth-order valence-electron chi connectivity index (χ4n) is 1.52. The molecule has 0 atom stereocenters. The number of hydrogen-bond acceptors (Lipinski definition) is 6. The average Bonchev–Trinajstić information content (AvgIpc) is 2.43. The van der Waals surface area contributed by atoms with E-state index in [2.05, 4.69) is 19.9 Å². The van der Waals surface area contributed by atoms with Gasteiger partial charge in [-0.3, -0.25) is 0 Å². The van der Waals surface area contributed by atoms with Crippen molar-refractivity contribution >= 4 is 16.0 Å². The van der Waals surface area contributed by atoms with E-state index in [1.165, 1.54) is 0 Å². The van der Waals surface area contributed by atoms with Crippen molar-refractivity contribution in [1.29, 1.82) is 0 Å². The van der Waals surface area contributed by atoms with E-state index in [-0.39, 0.29) is 16.4 Å². The van der Waals surface area contributed by atoms with Gasteiger partial charge in [-0.25, -0.2) is 22.5 Å². The molecule has 0 spiro atoms. The number of aliphatic hydroxyl groups is 1. The number of nitrogens with zero attached hydrogens (tertiary/aromatic N) is 3. The Bertz CT molecular complexity index is 780. The minimum atomic E-state index is -3.99. The summed E-state index contributed by atoms with van der Waals surface area (Å²) >= 11 is 0. The zero-order chi connectivity index (χ0) is 15.6. The molecule has 1 aromatic heterocycles. The van der Waals surface area contributed by atoms with E-state index in [0.717, 1.165) is 18.2 Å². The predicted molar refractivity (Wildman–Crippen MR) is 72.4 cm³/mol. The van der Waals surface area contributed by atoms with Gasteiger partial charge in [-0.2, -0.15) is 5.10 Å². The third kappa shape index (κ3) is 3.31. The van der Waals surface area contributed by atoms with Crippen LogP contribution in [0.25, 0.3) is 0 Å². The van der Waals surface area contributed by atoms with Crippen LogP contribution >= 0.6 is 0 Å². The van der Waals surface area contributed by atoms with Crippen LogP contribution in [-0.2, 0) is 16.6 Å². The monoisotopic (exact) mass is 312 g/mol. The number of hydrogen-bond donors (Lipinski definition) is 2. The molecule has 0 aliphatic heterocycles. The second kappa shape index (κ2) is 5.70. The molecule has 0 aliphatic rings. The van der Waals surface area contributed by atoms with Crippen LogP contribution in [0.1, 0.15) is 17.0 Å². The van der Waals surface area contributed by atoms with Crippen molar-refractivity contribution < 1.29 is 17.9 Å². The number of aliphatic hydroxyl groups excluding tert-OH is 1. The molecule has 0 bridgehead atoms. The maximum Gasteiger partial charge on any atom is 0.264 e. The lowest BCUT2D eigenvalue weighted by Crippen LogP contribution is -2.16. The maximum absolute atomic E-state index is 13.3. The van der Waals surface area contributed by atoms with E-state index in [0.29, 0.717) is 11.4 Å². The summed E-state index contributed by atoms with van der Waals surface area (Å²) in [6, 6.07) is 3.11. The smallest absolute Gasteiger partial charge is 0.264 e. The Morgan fingerprint density at radius 1 is 1.24 bits per heavy atom. The molecular formula is C12H13FN4O3S. The summed E-state index contributed by atoms with van der Waals surface area (Å²) < 4.78 is 39.7. The quantitative estimate of drug-likeness (QED) is 0.870. The van der Waals surface area contributed by atoms with Crippen LogP contribution in [0.2, 0.25) is 0 Å². The molecule has 2 rings (SSSR count). The normalized spacial score (nSPS) is 11.4. The molecule has 2 N–H and O–H groups in total. The van der Waals surface area contributed by atoms with Crippen molar-refractivity contribution in [3.05, 3.63) is 41.0 Å². The standard InChI is InChI=1S/C12H13FN4O3S/c1-7-8(2)15-16-12(14-7)17-21(19,20)10-3-4-11(13)9(5-10)6-18/h3-5,18H,6H2,1-2H3,(H,14,16,17). The molecule has 0 unspecified atom stereocenters. The van der Waals surface area contributed by atoms with Crippen molar-refractivity contribution in [2.45, 2.75) is 25.3 Å². The predicted octanol–water partition coefficient (Wildman–Crippen LogP) is 0.921. The Kier molecular flexibility index (Phi) is 4.14. The van der Waals surface area contributed by atoms with E-state index < -0.39 is 22.4 Å². The number of anilines is 1. The summed E-state index contributed by atoms with van der Waals surface area (Å²) in [5.74, 6) is -0.853. The summed E-state index contributed by atoms with van der Waals surface area (Å²) in [5, 5.41) is 16.4. The SMILES string of the molecule is Cc1nnc(NS(=O)(=O)c2ccc(F)c(CO)c2)nc1C. The van der Waals surface area contributed by atoms with Gasteiger partial charge < -0.3 is 5.11 Å². The third-order valence-electron chi connectivity index (χ3n) is 2.82. The number of aromatic nitrogens is 3. The van der Waals surface area contributed by atoms with E-state index in [1.54, 1.807) is 13.8 Å². The molecule has 21 heavy (non-hydrogen) atoms. The van der Waals surface area contributed by atoms with Crippen molar-refractivity contribution in [2.24, 2.45) is 0 Å². The molecule has 0 saturated carbocycles. The molecule has 0 radical (unpaired) electrons. The molecule has 7 nitrogen and oxygen atoms in total. The van der Waals surface area contributed by atoms with Crippen LogP contribution in [0.15, 0.2) is 23.1 Å². The summed E-state index contributed by atoms with van der Waals surface area (Å²) in [7, 11) is -3.99. The van der Waals surface area contributed by atoms with Gasteiger partial charge in [0.1, 0.15) is 5.82 Å². The number of sulfonamides is 1. The molecule has 1 heterocycles. The van der Waals surface area contributed by atoms with Crippen LogP contribution in [-0.4, -0.2) is 28.7 Å². The van der Waals surface area contributed by atoms with Gasteiger partial charge in [0, 0.05) is 5.56 Å². The van der Waals surface area contributed by atoms with Gasteiger partial charge >= 0.3 is 0 Å². The van der Waals surface area contributed by atoms with Gasteiger partial charge in [-0.1, -0.05) is 0 Å². The number of nitrogens with one attached hydrogen (secondary N) is 1. The first-order valence-electron chi connectivity index (χ1n) is 5.93. The Morgan fingerprint density at radius 2 is 1.95 bits per heavy atom. The summed E-state index contributed by atoms with van der Waals surface area (Å²) in [5.41, 5.74) is 1.01. The van der Waals surface area contributed by atoms with Gasteiger partial charge in [0.2, 0.25) is 0 Å². The Morgan fingerprint density at radius 3 is 2.57 bits per heavy atom.